The molecular weight excluding hydrogens is 461 g/mol. The summed E-state index contributed by atoms with van der Waals surface area (Å²) in [5.41, 5.74) is -0.852. The second-order valence-electron chi connectivity index (χ2n) is 9.40. The lowest BCUT2D eigenvalue weighted by Gasteiger charge is -2.41. The number of carbonyl (C=O) groups excluding carboxylic acids is 2. The number of ether oxygens (including phenoxy) is 1. The first kappa shape index (κ1) is 23.4. The number of halogens is 4. The van der Waals surface area contributed by atoms with Crippen LogP contribution in [-0.2, 0) is 34.3 Å². The molecule has 2 aliphatic rings. The second-order valence-corrected chi connectivity index (χ2v) is 9.80. The molecule has 0 radical (unpaired) electrons. The third kappa shape index (κ3) is 4.40. The van der Waals surface area contributed by atoms with E-state index >= 15 is 0 Å². The fourth-order valence-electron chi connectivity index (χ4n) is 4.05. The van der Waals surface area contributed by atoms with Crippen LogP contribution in [0.2, 0.25) is 5.02 Å². The number of alkyl halides is 3. The molecule has 0 unspecified atom stereocenters. The molecule has 2 heterocycles. The van der Waals surface area contributed by atoms with Crippen molar-refractivity contribution in [1.82, 2.24) is 14.7 Å². The van der Waals surface area contributed by atoms with Crippen LogP contribution in [0.1, 0.15) is 56.9 Å². The van der Waals surface area contributed by atoms with E-state index in [4.69, 9.17) is 16.3 Å². The molecule has 2 amide bonds. The van der Waals surface area contributed by atoms with Crippen molar-refractivity contribution >= 4 is 29.3 Å². The van der Waals surface area contributed by atoms with Crippen LogP contribution >= 0.6 is 11.6 Å². The van der Waals surface area contributed by atoms with Crippen molar-refractivity contribution in [2.75, 3.05) is 5.32 Å². The first-order valence-electron chi connectivity index (χ1n) is 10.5. The molecule has 1 aliphatic heterocycles. The molecule has 1 saturated carbocycles. The quantitative estimate of drug-likeness (QED) is 0.639. The molecule has 7 nitrogen and oxygen atoms in total. The SMILES string of the molecule is CC(C)(C)OC(=O)N1Cc2cnn(C3(C(=O)Nc4ccc(C(F)(F)F)cc4Cl)CCC3)c2C1. The lowest BCUT2D eigenvalue weighted by molar-refractivity contribution is -0.137. The summed E-state index contributed by atoms with van der Waals surface area (Å²) in [7, 11) is 0. The highest BCUT2D eigenvalue weighted by atomic mass is 35.5. The molecule has 1 aromatic carbocycles. The van der Waals surface area contributed by atoms with Gasteiger partial charge in [-0.15, -0.1) is 0 Å². The molecule has 0 saturated heterocycles. The van der Waals surface area contributed by atoms with E-state index in [1.165, 1.54) is 0 Å². The first-order valence-corrected chi connectivity index (χ1v) is 10.9. The van der Waals surface area contributed by atoms with Gasteiger partial charge < -0.3 is 10.1 Å². The minimum Gasteiger partial charge on any atom is -0.444 e. The molecule has 4 rings (SSSR count). The third-order valence-electron chi connectivity index (χ3n) is 5.86. The van der Waals surface area contributed by atoms with E-state index in [0.29, 0.717) is 19.4 Å². The maximum Gasteiger partial charge on any atom is 0.416 e. The van der Waals surface area contributed by atoms with Crippen LogP contribution in [0, 0.1) is 0 Å². The number of benzene rings is 1. The Bertz CT molecular complexity index is 1100. The van der Waals surface area contributed by atoms with Crippen LogP contribution in [-0.4, -0.2) is 32.3 Å². The minimum atomic E-state index is -4.53. The summed E-state index contributed by atoms with van der Waals surface area (Å²) in [4.78, 5) is 27.3. The Labute approximate surface area is 193 Å². The van der Waals surface area contributed by atoms with Crippen LogP contribution < -0.4 is 5.32 Å². The van der Waals surface area contributed by atoms with Crippen molar-refractivity contribution in [3.63, 3.8) is 0 Å². The van der Waals surface area contributed by atoms with Crippen LogP contribution in [0.5, 0.6) is 0 Å². The Morgan fingerprint density at radius 3 is 2.42 bits per heavy atom. The highest BCUT2D eigenvalue weighted by molar-refractivity contribution is 6.33. The number of hydrogen-bond donors (Lipinski definition) is 1. The Morgan fingerprint density at radius 2 is 1.88 bits per heavy atom. The monoisotopic (exact) mass is 484 g/mol. The fraction of sp³-hybridized carbons (Fsp3) is 0.500. The van der Waals surface area contributed by atoms with Gasteiger partial charge in [-0.05, 0) is 58.2 Å². The summed E-state index contributed by atoms with van der Waals surface area (Å²) in [5, 5.41) is 6.90. The number of hydrogen-bond acceptors (Lipinski definition) is 4. The number of fused-ring (bicyclic) bond motifs is 1. The van der Waals surface area contributed by atoms with Crippen molar-refractivity contribution in [2.45, 2.75) is 70.4 Å². The predicted molar refractivity (Wildman–Crippen MR) is 115 cm³/mol. The van der Waals surface area contributed by atoms with Gasteiger partial charge in [0.25, 0.3) is 5.91 Å². The molecule has 33 heavy (non-hydrogen) atoms. The van der Waals surface area contributed by atoms with Crippen molar-refractivity contribution in [3.8, 4) is 0 Å². The lowest BCUT2D eigenvalue weighted by Crippen LogP contribution is -2.52. The van der Waals surface area contributed by atoms with Gasteiger partial charge in [0.15, 0.2) is 0 Å². The molecule has 2 aromatic rings. The van der Waals surface area contributed by atoms with Crippen LogP contribution in [0.3, 0.4) is 0 Å². The van der Waals surface area contributed by atoms with Crippen molar-refractivity contribution < 1.29 is 27.5 Å². The molecule has 0 bridgehead atoms. The van der Waals surface area contributed by atoms with E-state index in [2.05, 4.69) is 10.4 Å². The van der Waals surface area contributed by atoms with Gasteiger partial charge in [-0.3, -0.25) is 14.4 Å². The number of carbonyl (C=O) groups is 2. The van der Waals surface area contributed by atoms with Crippen LogP contribution in [0.25, 0.3) is 0 Å². The zero-order chi connectivity index (χ0) is 24.2. The average Bonchev–Trinajstić information content (AvgIpc) is 3.22. The predicted octanol–water partition coefficient (Wildman–Crippen LogP) is 5.32. The molecule has 0 atom stereocenters. The van der Waals surface area contributed by atoms with E-state index in [0.717, 1.165) is 35.9 Å². The Hall–Kier alpha value is -2.75. The summed E-state index contributed by atoms with van der Waals surface area (Å²) in [6, 6.07) is 2.81. The molecule has 11 heteroatoms. The van der Waals surface area contributed by atoms with E-state index in [1.54, 1.807) is 36.5 Å². The molecule has 1 N–H and O–H groups in total. The lowest BCUT2D eigenvalue weighted by atomic mass is 9.75. The molecule has 0 spiro atoms. The van der Waals surface area contributed by atoms with Gasteiger partial charge in [0, 0.05) is 5.56 Å². The van der Waals surface area contributed by atoms with Crippen LogP contribution in [0.4, 0.5) is 23.7 Å². The Morgan fingerprint density at radius 1 is 1.18 bits per heavy atom. The minimum absolute atomic E-state index is 0.0973. The standard InChI is InChI=1S/C22H24ClF3N4O3/c1-20(2,3)33-19(32)29-11-13-10-27-30(17(13)12-29)21(7-4-8-21)18(31)28-16-6-5-14(9-15(16)23)22(24,25)26/h5-6,9-10H,4,7-8,11-12H2,1-3H3,(H,28,31). The van der Waals surface area contributed by atoms with Gasteiger partial charge in [-0.25, -0.2) is 4.79 Å². The maximum atomic E-state index is 13.3. The number of anilines is 1. The second kappa shape index (κ2) is 7.93. The zero-order valence-electron chi connectivity index (χ0n) is 18.4. The van der Waals surface area contributed by atoms with Gasteiger partial charge in [-0.2, -0.15) is 18.3 Å². The molecule has 1 aromatic heterocycles. The van der Waals surface area contributed by atoms with E-state index in [9.17, 15) is 22.8 Å². The number of rotatable bonds is 3. The molecule has 1 fully saturated rings. The normalized spacial score (nSPS) is 17.4. The topological polar surface area (TPSA) is 76.5 Å². The number of amides is 2. The van der Waals surface area contributed by atoms with Gasteiger partial charge >= 0.3 is 12.3 Å². The first-order chi connectivity index (χ1) is 15.3. The smallest absolute Gasteiger partial charge is 0.416 e. The molecule has 178 valence electrons. The van der Waals surface area contributed by atoms with Gasteiger partial charge in [0.2, 0.25) is 0 Å². The third-order valence-corrected chi connectivity index (χ3v) is 6.18. The number of aromatic nitrogens is 2. The summed E-state index contributed by atoms with van der Waals surface area (Å²) in [5.74, 6) is -0.406. The van der Waals surface area contributed by atoms with Gasteiger partial charge in [0.05, 0.1) is 41.3 Å². The van der Waals surface area contributed by atoms with Crippen molar-refractivity contribution in [3.05, 3.63) is 46.2 Å². The maximum absolute atomic E-state index is 13.3. The number of nitrogens with one attached hydrogen (secondary N) is 1. The average molecular weight is 485 g/mol. The van der Waals surface area contributed by atoms with Crippen molar-refractivity contribution in [2.24, 2.45) is 0 Å². The summed E-state index contributed by atoms with van der Waals surface area (Å²) in [6.45, 7) is 5.94. The fourth-order valence-corrected chi connectivity index (χ4v) is 4.28. The van der Waals surface area contributed by atoms with Crippen molar-refractivity contribution in [1.29, 1.82) is 0 Å². The van der Waals surface area contributed by atoms with Gasteiger partial charge in [0.1, 0.15) is 11.1 Å². The molecular formula is C22H24ClF3N4O3. The van der Waals surface area contributed by atoms with Crippen LogP contribution in [0.15, 0.2) is 24.4 Å². The summed E-state index contributed by atoms with van der Waals surface area (Å²) < 4.78 is 45.8. The Balaban J connectivity index is 1.55. The number of nitrogens with zero attached hydrogens (tertiary/aromatic N) is 3. The highest BCUT2D eigenvalue weighted by Gasteiger charge is 2.49. The van der Waals surface area contributed by atoms with Gasteiger partial charge in [-0.1, -0.05) is 11.6 Å². The summed E-state index contributed by atoms with van der Waals surface area (Å²) in [6.07, 6.45) is -1.53. The Kier molecular flexibility index (Phi) is 5.63. The zero-order valence-corrected chi connectivity index (χ0v) is 19.2. The van der Waals surface area contributed by atoms with E-state index in [-0.39, 0.29) is 17.3 Å². The largest absolute Gasteiger partial charge is 0.444 e. The van der Waals surface area contributed by atoms with E-state index < -0.39 is 34.9 Å². The molecule has 1 aliphatic carbocycles. The van der Waals surface area contributed by atoms with E-state index in [1.807, 2.05) is 0 Å². The summed E-state index contributed by atoms with van der Waals surface area (Å²) >= 11 is 6.02. The highest BCUT2D eigenvalue weighted by Crippen LogP contribution is 2.43.